The van der Waals surface area contributed by atoms with E-state index in [1.807, 2.05) is 43.3 Å². The molecule has 0 bridgehead atoms. The number of H-pyrrole nitrogens is 1. The maximum atomic E-state index is 11.9. The number of aryl methyl sites for hydroxylation is 1. The number of nitrogens with one attached hydrogen (secondary N) is 1. The molecule has 0 aliphatic rings. The van der Waals surface area contributed by atoms with Crippen LogP contribution in [0.15, 0.2) is 53.5 Å². The van der Waals surface area contributed by atoms with Crippen LogP contribution in [0.1, 0.15) is 5.56 Å². The quantitative estimate of drug-likeness (QED) is 0.770. The van der Waals surface area contributed by atoms with Gasteiger partial charge in [0, 0.05) is 17.1 Å². The Labute approximate surface area is 116 Å². The zero-order chi connectivity index (χ0) is 14.1. The van der Waals surface area contributed by atoms with Gasteiger partial charge in [-0.2, -0.15) is 0 Å². The molecule has 2 aromatic carbocycles. The van der Waals surface area contributed by atoms with Gasteiger partial charge >= 0.3 is 0 Å². The van der Waals surface area contributed by atoms with Crippen molar-refractivity contribution >= 4 is 10.8 Å². The van der Waals surface area contributed by atoms with E-state index in [1.165, 1.54) is 0 Å². The van der Waals surface area contributed by atoms with Gasteiger partial charge in [-0.05, 0) is 42.1 Å². The van der Waals surface area contributed by atoms with E-state index in [0.29, 0.717) is 5.39 Å². The molecule has 20 heavy (non-hydrogen) atoms. The van der Waals surface area contributed by atoms with E-state index >= 15 is 0 Å². The predicted octanol–water partition coefficient (Wildman–Crippen LogP) is 3.51. The summed E-state index contributed by atoms with van der Waals surface area (Å²) in [6.45, 7) is 2.04. The summed E-state index contributed by atoms with van der Waals surface area (Å²) in [5.74, 6) is 0.808. The van der Waals surface area contributed by atoms with Gasteiger partial charge in [0.2, 0.25) is 0 Å². The molecule has 0 amide bonds. The Morgan fingerprint density at radius 2 is 1.90 bits per heavy atom. The predicted molar refractivity (Wildman–Crippen MR) is 81.3 cm³/mol. The summed E-state index contributed by atoms with van der Waals surface area (Å²) >= 11 is 0. The van der Waals surface area contributed by atoms with Crippen LogP contribution in [0.2, 0.25) is 0 Å². The Morgan fingerprint density at radius 1 is 1.05 bits per heavy atom. The molecule has 0 saturated carbocycles. The Kier molecular flexibility index (Phi) is 3.03. The average Bonchev–Trinajstić information content (AvgIpc) is 2.47. The molecule has 0 aliphatic carbocycles. The molecule has 100 valence electrons. The zero-order valence-electron chi connectivity index (χ0n) is 11.4. The zero-order valence-corrected chi connectivity index (χ0v) is 11.4. The van der Waals surface area contributed by atoms with Crippen LogP contribution in [0.3, 0.4) is 0 Å². The fourth-order valence-corrected chi connectivity index (χ4v) is 2.40. The Bertz CT molecular complexity index is 834. The Hall–Kier alpha value is -2.55. The van der Waals surface area contributed by atoms with Crippen molar-refractivity contribution in [2.24, 2.45) is 0 Å². The minimum absolute atomic E-state index is 0.0732. The van der Waals surface area contributed by atoms with E-state index in [-0.39, 0.29) is 5.56 Å². The highest BCUT2D eigenvalue weighted by molar-refractivity contribution is 5.87. The molecule has 0 radical (unpaired) electrons. The number of aromatic nitrogens is 1. The van der Waals surface area contributed by atoms with Crippen molar-refractivity contribution in [1.29, 1.82) is 0 Å². The highest BCUT2D eigenvalue weighted by atomic mass is 16.5. The SMILES string of the molecule is COc1ccc(C)cc1-c1ccc2cc[nH]c(=O)c2c1. The first-order chi connectivity index (χ1) is 9.69. The van der Waals surface area contributed by atoms with Crippen LogP contribution in [-0.4, -0.2) is 12.1 Å². The molecule has 3 aromatic rings. The van der Waals surface area contributed by atoms with Gasteiger partial charge in [0.1, 0.15) is 5.75 Å². The standard InChI is InChI=1S/C17H15NO2/c1-11-3-6-16(20-2)14(9-11)13-5-4-12-7-8-18-17(19)15(12)10-13/h3-10H,1-2H3,(H,18,19). The van der Waals surface area contributed by atoms with Crippen LogP contribution in [-0.2, 0) is 0 Å². The topological polar surface area (TPSA) is 42.1 Å². The van der Waals surface area contributed by atoms with Crippen molar-refractivity contribution < 1.29 is 4.74 Å². The molecule has 1 N–H and O–H groups in total. The molecule has 3 rings (SSSR count). The smallest absolute Gasteiger partial charge is 0.255 e. The van der Waals surface area contributed by atoms with E-state index in [2.05, 4.69) is 11.1 Å². The molecule has 1 aromatic heterocycles. The van der Waals surface area contributed by atoms with Gasteiger partial charge in [-0.1, -0.05) is 23.8 Å². The normalized spacial score (nSPS) is 10.7. The van der Waals surface area contributed by atoms with Gasteiger partial charge in [0.05, 0.1) is 7.11 Å². The molecule has 0 aliphatic heterocycles. The molecule has 0 spiro atoms. The first-order valence-electron chi connectivity index (χ1n) is 6.45. The molecule has 1 heterocycles. The summed E-state index contributed by atoms with van der Waals surface area (Å²) in [5, 5.41) is 1.62. The van der Waals surface area contributed by atoms with Crippen LogP contribution < -0.4 is 10.3 Å². The average molecular weight is 265 g/mol. The number of hydrogen-bond donors (Lipinski definition) is 1. The summed E-state index contributed by atoms with van der Waals surface area (Å²) in [4.78, 5) is 14.6. The molecular formula is C17H15NO2. The molecule has 0 fully saturated rings. The van der Waals surface area contributed by atoms with Crippen molar-refractivity contribution in [2.45, 2.75) is 6.92 Å². The molecular weight excluding hydrogens is 250 g/mol. The second-order valence-electron chi connectivity index (χ2n) is 4.81. The van der Waals surface area contributed by atoms with Gasteiger partial charge < -0.3 is 9.72 Å². The van der Waals surface area contributed by atoms with Gasteiger partial charge in [0.25, 0.3) is 5.56 Å². The second kappa shape index (κ2) is 4.85. The van der Waals surface area contributed by atoms with Crippen molar-refractivity contribution in [3.63, 3.8) is 0 Å². The lowest BCUT2D eigenvalue weighted by molar-refractivity contribution is 0.416. The third-order valence-corrected chi connectivity index (χ3v) is 3.44. The number of ether oxygens (including phenoxy) is 1. The summed E-state index contributed by atoms with van der Waals surface area (Å²) in [6, 6.07) is 13.8. The fraction of sp³-hybridized carbons (Fsp3) is 0.118. The summed E-state index contributed by atoms with van der Waals surface area (Å²) in [7, 11) is 1.65. The first-order valence-corrected chi connectivity index (χ1v) is 6.45. The number of aromatic amines is 1. The fourth-order valence-electron chi connectivity index (χ4n) is 2.40. The van der Waals surface area contributed by atoms with Crippen molar-refractivity contribution in [2.75, 3.05) is 7.11 Å². The van der Waals surface area contributed by atoms with Crippen LogP contribution in [0.25, 0.3) is 21.9 Å². The number of pyridine rings is 1. The first kappa shape index (κ1) is 12.5. The van der Waals surface area contributed by atoms with Gasteiger partial charge in [-0.3, -0.25) is 4.79 Å². The molecule has 3 heteroatoms. The number of rotatable bonds is 2. The molecule has 0 saturated heterocycles. The lowest BCUT2D eigenvalue weighted by Crippen LogP contribution is -2.04. The Morgan fingerprint density at radius 3 is 2.70 bits per heavy atom. The minimum atomic E-state index is -0.0732. The van der Waals surface area contributed by atoms with Crippen LogP contribution in [0.4, 0.5) is 0 Å². The monoisotopic (exact) mass is 265 g/mol. The number of hydrogen-bond acceptors (Lipinski definition) is 2. The Balaban J connectivity index is 2.27. The summed E-state index contributed by atoms with van der Waals surface area (Å²) in [6.07, 6.45) is 1.66. The van der Waals surface area contributed by atoms with Crippen molar-refractivity contribution in [1.82, 2.24) is 4.98 Å². The van der Waals surface area contributed by atoms with Gasteiger partial charge in [-0.15, -0.1) is 0 Å². The molecule has 3 nitrogen and oxygen atoms in total. The largest absolute Gasteiger partial charge is 0.496 e. The molecule has 0 atom stereocenters. The van der Waals surface area contributed by atoms with Gasteiger partial charge in [-0.25, -0.2) is 0 Å². The van der Waals surface area contributed by atoms with Gasteiger partial charge in [0.15, 0.2) is 0 Å². The van der Waals surface area contributed by atoms with E-state index < -0.39 is 0 Å². The lowest BCUT2D eigenvalue weighted by atomic mass is 10.00. The second-order valence-corrected chi connectivity index (χ2v) is 4.81. The van der Waals surface area contributed by atoms with Crippen molar-refractivity contribution in [3.8, 4) is 16.9 Å². The van der Waals surface area contributed by atoms with Crippen LogP contribution >= 0.6 is 0 Å². The van der Waals surface area contributed by atoms with E-state index in [1.54, 1.807) is 13.3 Å². The summed E-state index contributed by atoms with van der Waals surface area (Å²) < 4.78 is 5.41. The highest BCUT2D eigenvalue weighted by Gasteiger charge is 2.08. The third-order valence-electron chi connectivity index (χ3n) is 3.44. The van der Waals surface area contributed by atoms with E-state index in [0.717, 1.165) is 27.8 Å². The van der Waals surface area contributed by atoms with Crippen molar-refractivity contribution in [3.05, 3.63) is 64.6 Å². The minimum Gasteiger partial charge on any atom is -0.496 e. The maximum Gasteiger partial charge on any atom is 0.255 e. The maximum absolute atomic E-state index is 11.9. The van der Waals surface area contributed by atoms with Crippen LogP contribution in [0, 0.1) is 6.92 Å². The van der Waals surface area contributed by atoms with Crippen LogP contribution in [0.5, 0.6) is 5.75 Å². The highest BCUT2D eigenvalue weighted by Crippen LogP contribution is 2.32. The molecule has 0 unspecified atom stereocenters. The number of methoxy groups -OCH3 is 1. The third kappa shape index (κ3) is 2.07. The summed E-state index contributed by atoms with van der Waals surface area (Å²) in [5.41, 5.74) is 3.06. The number of fused-ring (bicyclic) bond motifs is 1. The number of benzene rings is 2. The lowest BCUT2D eigenvalue weighted by Gasteiger charge is -2.10. The van der Waals surface area contributed by atoms with E-state index in [9.17, 15) is 4.79 Å². The van der Waals surface area contributed by atoms with E-state index in [4.69, 9.17) is 4.74 Å².